The molecule has 1 aromatic carbocycles. The molecule has 3 rings (SSSR count). The number of rotatable bonds is 4. The number of nitrogens with zero attached hydrogens (tertiary/aromatic N) is 2. The summed E-state index contributed by atoms with van der Waals surface area (Å²) in [5.74, 6) is -0.125. The predicted octanol–water partition coefficient (Wildman–Crippen LogP) is 2.39. The van der Waals surface area contributed by atoms with E-state index in [0.29, 0.717) is 19.5 Å². The monoisotopic (exact) mass is 324 g/mol. The number of aromatic nitrogens is 1. The van der Waals surface area contributed by atoms with E-state index in [1.54, 1.807) is 17.3 Å². The van der Waals surface area contributed by atoms with Crippen LogP contribution in [0.1, 0.15) is 18.4 Å². The molecule has 6 nitrogen and oxygen atoms in total. The van der Waals surface area contributed by atoms with E-state index in [9.17, 15) is 9.59 Å². The average Bonchev–Trinajstić information content (AvgIpc) is 3.11. The quantitative estimate of drug-likeness (QED) is 0.907. The lowest BCUT2D eigenvalue weighted by atomic mass is 10.2. The first kappa shape index (κ1) is 16.0. The maximum Gasteiger partial charge on any atom is 0.322 e. The fourth-order valence-electron chi connectivity index (χ4n) is 2.81. The first-order valence-corrected chi connectivity index (χ1v) is 8.03. The Labute approximate surface area is 140 Å². The van der Waals surface area contributed by atoms with Gasteiger partial charge in [0.1, 0.15) is 6.04 Å². The molecule has 1 unspecified atom stereocenters. The number of urea groups is 1. The van der Waals surface area contributed by atoms with Crippen LogP contribution >= 0.6 is 0 Å². The van der Waals surface area contributed by atoms with Gasteiger partial charge in [0.05, 0.1) is 0 Å². The lowest BCUT2D eigenvalue weighted by Crippen LogP contribution is -2.47. The molecule has 24 heavy (non-hydrogen) atoms. The largest absolute Gasteiger partial charge is 0.350 e. The molecule has 0 spiro atoms. The molecular weight excluding hydrogens is 304 g/mol. The van der Waals surface area contributed by atoms with E-state index in [0.717, 1.165) is 17.7 Å². The summed E-state index contributed by atoms with van der Waals surface area (Å²) in [6.45, 7) is 1.00. The van der Waals surface area contributed by atoms with Crippen molar-refractivity contribution in [3.05, 3.63) is 60.4 Å². The minimum absolute atomic E-state index is 0.125. The smallest absolute Gasteiger partial charge is 0.322 e. The third-order valence-electron chi connectivity index (χ3n) is 4.03. The normalized spacial score (nSPS) is 16.7. The minimum atomic E-state index is -0.426. The molecule has 2 heterocycles. The summed E-state index contributed by atoms with van der Waals surface area (Å²) in [5, 5.41) is 5.73. The third kappa shape index (κ3) is 3.90. The van der Waals surface area contributed by atoms with E-state index in [2.05, 4.69) is 15.6 Å². The number of carbonyl (C=O) groups is 2. The molecule has 1 aliphatic rings. The zero-order chi connectivity index (χ0) is 16.8. The lowest BCUT2D eigenvalue weighted by molar-refractivity contribution is -0.124. The van der Waals surface area contributed by atoms with Crippen LogP contribution in [0.4, 0.5) is 10.5 Å². The number of pyridine rings is 1. The highest BCUT2D eigenvalue weighted by Gasteiger charge is 2.33. The summed E-state index contributed by atoms with van der Waals surface area (Å²) < 4.78 is 0. The molecule has 2 N–H and O–H groups in total. The zero-order valence-electron chi connectivity index (χ0n) is 13.3. The van der Waals surface area contributed by atoms with Crippen molar-refractivity contribution in [2.24, 2.45) is 0 Å². The van der Waals surface area contributed by atoms with Crippen molar-refractivity contribution in [1.82, 2.24) is 15.2 Å². The fourth-order valence-corrected chi connectivity index (χ4v) is 2.81. The van der Waals surface area contributed by atoms with Crippen LogP contribution in [-0.2, 0) is 11.3 Å². The van der Waals surface area contributed by atoms with Gasteiger partial charge in [-0.05, 0) is 36.6 Å². The molecule has 0 bridgehead atoms. The summed E-state index contributed by atoms with van der Waals surface area (Å²) in [6.07, 6.45) is 4.92. The molecule has 1 fully saturated rings. The van der Waals surface area contributed by atoms with Crippen molar-refractivity contribution in [2.45, 2.75) is 25.4 Å². The van der Waals surface area contributed by atoms with E-state index in [1.165, 1.54) is 0 Å². The van der Waals surface area contributed by atoms with E-state index in [1.807, 2.05) is 42.5 Å². The van der Waals surface area contributed by atoms with Gasteiger partial charge < -0.3 is 15.5 Å². The molecule has 1 saturated heterocycles. The number of nitrogens with one attached hydrogen (secondary N) is 2. The molecule has 1 atom stereocenters. The van der Waals surface area contributed by atoms with E-state index >= 15 is 0 Å². The molecule has 1 aromatic heterocycles. The molecule has 124 valence electrons. The van der Waals surface area contributed by atoms with Crippen LogP contribution in [0.15, 0.2) is 54.9 Å². The van der Waals surface area contributed by atoms with Crippen LogP contribution in [-0.4, -0.2) is 34.4 Å². The number of hydrogen-bond acceptors (Lipinski definition) is 3. The molecule has 0 saturated carbocycles. The van der Waals surface area contributed by atoms with Gasteiger partial charge in [-0.15, -0.1) is 0 Å². The summed E-state index contributed by atoms with van der Waals surface area (Å²) in [6, 6.07) is 12.3. The number of carbonyl (C=O) groups excluding carboxylic acids is 2. The van der Waals surface area contributed by atoms with Gasteiger partial charge in [0.25, 0.3) is 0 Å². The Balaban J connectivity index is 1.58. The SMILES string of the molecule is O=C(NCc1cccnc1)C1CCCN1C(=O)Nc1ccccc1. The van der Waals surface area contributed by atoms with Crippen molar-refractivity contribution in [1.29, 1.82) is 0 Å². The summed E-state index contributed by atoms with van der Waals surface area (Å²) in [7, 11) is 0. The van der Waals surface area contributed by atoms with Crippen molar-refractivity contribution in [3.8, 4) is 0 Å². The van der Waals surface area contributed by atoms with Crippen molar-refractivity contribution in [2.75, 3.05) is 11.9 Å². The van der Waals surface area contributed by atoms with Crippen molar-refractivity contribution in [3.63, 3.8) is 0 Å². The fraction of sp³-hybridized carbons (Fsp3) is 0.278. The topological polar surface area (TPSA) is 74.3 Å². The van der Waals surface area contributed by atoms with Gasteiger partial charge in [0.15, 0.2) is 0 Å². The van der Waals surface area contributed by atoms with Crippen LogP contribution in [0.25, 0.3) is 0 Å². The van der Waals surface area contributed by atoms with E-state index in [4.69, 9.17) is 0 Å². The van der Waals surface area contributed by atoms with E-state index in [-0.39, 0.29) is 11.9 Å². The Hall–Kier alpha value is -2.89. The number of hydrogen-bond donors (Lipinski definition) is 2. The zero-order valence-corrected chi connectivity index (χ0v) is 13.3. The minimum Gasteiger partial charge on any atom is -0.350 e. The van der Waals surface area contributed by atoms with Crippen molar-refractivity contribution < 1.29 is 9.59 Å². The molecule has 1 aliphatic heterocycles. The molecule has 6 heteroatoms. The number of benzene rings is 1. The second-order valence-electron chi connectivity index (χ2n) is 5.73. The van der Waals surface area contributed by atoms with Crippen LogP contribution in [0.3, 0.4) is 0 Å². The van der Waals surface area contributed by atoms with Crippen LogP contribution in [0.5, 0.6) is 0 Å². The standard InChI is InChI=1S/C18H20N4O2/c23-17(20-13-14-6-4-10-19-12-14)16-9-5-11-22(16)18(24)21-15-7-2-1-3-8-15/h1-4,6-8,10,12,16H,5,9,11,13H2,(H,20,23)(H,21,24). The number of anilines is 1. The second kappa shape index (κ2) is 7.59. The number of para-hydroxylation sites is 1. The first-order chi connectivity index (χ1) is 11.7. The van der Waals surface area contributed by atoms with Crippen molar-refractivity contribution >= 4 is 17.6 Å². The van der Waals surface area contributed by atoms with Gasteiger partial charge in [-0.25, -0.2) is 4.79 Å². The summed E-state index contributed by atoms with van der Waals surface area (Å²) in [5.41, 5.74) is 1.66. The highest BCUT2D eigenvalue weighted by Crippen LogP contribution is 2.19. The van der Waals surface area contributed by atoms with Gasteiger partial charge in [0, 0.05) is 31.2 Å². The second-order valence-corrected chi connectivity index (χ2v) is 5.73. The Morgan fingerprint density at radius 1 is 1.17 bits per heavy atom. The average molecular weight is 324 g/mol. The van der Waals surface area contributed by atoms with Crippen LogP contribution in [0, 0.1) is 0 Å². The van der Waals surface area contributed by atoms with Gasteiger partial charge in [-0.2, -0.15) is 0 Å². The maximum absolute atomic E-state index is 12.4. The number of amides is 3. The van der Waals surface area contributed by atoms with Gasteiger partial charge in [-0.1, -0.05) is 24.3 Å². The molecule has 3 amide bonds. The Kier molecular flexibility index (Phi) is 5.05. The van der Waals surface area contributed by atoms with Gasteiger partial charge >= 0.3 is 6.03 Å². The van der Waals surface area contributed by atoms with Crippen LogP contribution < -0.4 is 10.6 Å². The van der Waals surface area contributed by atoms with Gasteiger partial charge in [0.2, 0.25) is 5.91 Å². The highest BCUT2D eigenvalue weighted by atomic mass is 16.2. The van der Waals surface area contributed by atoms with Crippen LogP contribution in [0.2, 0.25) is 0 Å². The lowest BCUT2D eigenvalue weighted by Gasteiger charge is -2.24. The Morgan fingerprint density at radius 2 is 2.00 bits per heavy atom. The third-order valence-corrected chi connectivity index (χ3v) is 4.03. The molecule has 0 aliphatic carbocycles. The first-order valence-electron chi connectivity index (χ1n) is 8.03. The summed E-state index contributed by atoms with van der Waals surface area (Å²) >= 11 is 0. The maximum atomic E-state index is 12.4. The molecule has 2 aromatic rings. The predicted molar refractivity (Wildman–Crippen MR) is 91.3 cm³/mol. The molecule has 0 radical (unpaired) electrons. The Morgan fingerprint density at radius 3 is 2.75 bits per heavy atom. The highest BCUT2D eigenvalue weighted by molar-refractivity contribution is 5.94. The molecular formula is C18H20N4O2. The Bertz CT molecular complexity index is 691. The number of likely N-dealkylation sites (tertiary alicyclic amines) is 1. The summed E-state index contributed by atoms with van der Waals surface area (Å²) in [4.78, 5) is 30.5. The van der Waals surface area contributed by atoms with E-state index < -0.39 is 6.04 Å². The van der Waals surface area contributed by atoms with Gasteiger partial charge in [-0.3, -0.25) is 9.78 Å².